The van der Waals surface area contributed by atoms with Gasteiger partial charge in [0.15, 0.2) is 5.78 Å². The molecule has 128 valence electrons. The second kappa shape index (κ2) is 8.67. The van der Waals surface area contributed by atoms with Crippen LogP contribution < -0.4 is 0 Å². The Hall–Kier alpha value is -3.33. The minimum atomic E-state index is -0.164. The van der Waals surface area contributed by atoms with Crippen molar-refractivity contribution < 1.29 is 9.59 Å². The number of hydrogen-bond donors (Lipinski definition) is 0. The molecule has 0 fully saturated rings. The number of rotatable bonds is 7. The fraction of sp³-hybridized carbons (Fsp3) is 0.0870. The van der Waals surface area contributed by atoms with Crippen LogP contribution in [0.1, 0.15) is 28.8 Å². The van der Waals surface area contributed by atoms with Crippen LogP contribution in [0.25, 0.3) is 0 Å². The Balaban J connectivity index is 1.79. The summed E-state index contributed by atoms with van der Waals surface area (Å²) in [5, 5.41) is 0. The summed E-state index contributed by atoms with van der Waals surface area (Å²) in [6.07, 6.45) is 0.00212. The van der Waals surface area contributed by atoms with E-state index in [0.717, 1.165) is 11.3 Å². The normalized spacial score (nSPS) is 11.2. The first-order valence-electron chi connectivity index (χ1n) is 8.50. The lowest BCUT2D eigenvalue weighted by Crippen LogP contribution is -2.13. The number of nitrogens with zero attached hydrogens (tertiary/aromatic N) is 1. The third-order valence-electron chi connectivity index (χ3n) is 3.95. The number of ketones is 2. The molecule has 3 aromatic rings. The Morgan fingerprint density at radius 1 is 0.615 bits per heavy atom. The van der Waals surface area contributed by atoms with Gasteiger partial charge in [-0.3, -0.25) is 14.6 Å². The summed E-state index contributed by atoms with van der Waals surface area (Å²) < 4.78 is 0. The van der Waals surface area contributed by atoms with Gasteiger partial charge in [-0.1, -0.05) is 78.9 Å². The van der Waals surface area contributed by atoms with E-state index in [-0.39, 0.29) is 24.4 Å². The van der Waals surface area contributed by atoms with Crippen molar-refractivity contribution in [3.05, 3.63) is 102 Å². The summed E-state index contributed by atoms with van der Waals surface area (Å²) in [7, 11) is 0. The smallest absolute Gasteiger partial charge is 0.170 e. The molecule has 0 spiro atoms. The van der Waals surface area contributed by atoms with Crippen LogP contribution in [0.15, 0.2) is 96.0 Å². The SMILES string of the molecule is O=C(CC(=O)c1ccccc1)CC(=Nc1ccccc1)c1ccccc1. The van der Waals surface area contributed by atoms with Crippen molar-refractivity contribution in [1.82, 2.24) is 0 Å². The molecule has 0 radical (unpaired) electrons. The average Bonchev–Trinajstić information content (AvgIpc) is 2.69. The highest BCUT2D eigenvalue weighted by Gasteiger charge is 2.15. The van der Waals surface area contributed by atoms with Crippen LogP contribution in [0.5, 0.6) is 0 Å². The Labute approximate surface area is 153 Å². The van der Waals surface area contributed by atoms with E-state index in [9.17, 15) is 9.59 Å². The standard InChI is InChI=1S/C23H19NO2/c25-21(17-23(26)19-12-6-2-7-13-19)16-22(18-10-4-1-5-11-18)24-20-14-8-3-9-15-20/h1-15H,16-17H2. The molecule has 0 heterocycles. The lowest BCUT2D eigenvalue weighted by atomic mass is 10.00. The minimum absolute atomic E-state index is 0.120. The molecule has 3 rings (SSSR count). The van der Waals surface area contributed by atoms with E-state index in [4.69, 9.17) is 0 Å². The number of carbonyl (C=O) groups is 2. The Kier molecular flexibility index (Phi) is 5.84. The van der Waals surface area contributed by atoms with Gasteiger partial charge in [0.1, 0.15) is 5.78 Å². The number of benzene rings is 3. The van der Waals surface area contributed by atoms with Crippen molar-refractivity contribution in [3.63, 3.8) is 0 Å². The van der Waals surface area contributed by atoms with Gasteiger partial charge in [0.25, 0.3) is 0 Å². The molecule has 3 heteroatoms. The van der Waals surface area contributed by atoms with E-state index >= 15 is 0 Å². The minimum Gasteiger partial charge on any atom is -0.299 e. The van der Waals surface area contributed by atoms with E-state index in [1.54, 1.807) is 24.3 Å². The topological polar surface area (TPSA) is 46.5 Å². The van der Waals surface area contributed by atoms with E-state index in [0.29, 0.717) is 11.3 Å². The molecular formula is C23H19NO2. The van der Waals surface area contributed by atoms with Crippen LogP contribution in [-0.2, 0) is 4.79 Å². The molecule has 0 aromatic heterocycles. The summed E-state index contributed by atoms with van der Waals surface area (Å²) in [6, 6.07) is 28.0. The van der Waals surface area contributed by atoms with Crippen molar-refractivity contribution in [2.24, 2.45) is 4.99 Å². The maximum Gasteiger partial charge on any atom is 0.170 e. The number of hydrogen-bond acceptors (Lipinski definition) is 3. The molecule has 0 saturated carbocycles. The highest BCUT2D eigenvalue weighted by Crippen LogP contribution is 2.16. The van der Waals surface area contributed by atoms with Gasteiger partial charge in [0.2, 0.25) is 0 Å². The van der Waals surface area contributed by atoms with Crippen LogP contribution in [0, 0.1) is 0 Å². The number of aliphatic imine (C=N–C) groups is 1. The van der Waals surface area contributed by atoms with Gasteiger partial charge in [-0.25, -0.2) is 0 Å². The Bertz CT molecular complexity index is 901. The first-order valence-corrected chi connectivity index (χ1v) is 8.50. The van der Waals surface area contributed by atoms with Gasteiger partial charge in [-0.2, -0.15) is 0 Å². The Morgan fingerprint density at radius 3 is 1.69 bits per heavy atom. The van der Waals surface area contributed by atoms with Gasteiger partial charge in [-0.15, -0.1) is 0 Å². The third kappa shape index (κ3) is 4.84. The summed E-state index contributed by atoms with van der Waals surface area (Å²) >= 11 is 0. The summed E-state index contributed by atoms with van der Waals surface area (Å²) in [6.45, 7) is 0. The second-order valence-electron chi connectivity index (χ2n) is 5.94. The van der Waals surface area contributed by atoms with Gasteiger partial charge in [0.05, 0.1) is 17.8 Å². The molecule has 0 aliphatic rings. The lowest BCUT2D eigenvalue weighted by molar-refractivity contribution is -0.117. The number of carbonyl (C=O) groups excluding carboxylic acids is 2. The van der Waals surface area contributed by atoms with Gasteiger partial charge in [-0.05, 0) is 17.7 Å². The number of para-hydroxylation sites is 1. The van der Waals surface area contributed by atoms with Crippen LogP contribution >= 0.6 is 0 Å². The molecule has 0 bridgehead atoms. The van der Waals surface area contributed by atoms with E-state index < -0.39 is 0 Å². The zero-order valence-corrected chi connectivity index (χ0v) is 14.3. The molecule has 0 amide bonds. The van der Waals surface area contributed by atoms with E-state index in [1.807, 2.05) is 66.7 Å². The van der Waals surface area contributed by atoms with Crippen molar-refractivity contribution in [2.45, 2.75) is 12.8 Å². The average molecular weight is 341 g/mol. The largest absolute Gasteiger partial charge is 0.299 e. The maximum absolute atomic E-state index is 12.5. The van der Waals surface area contributed by atoms with Gasteiger partial charge in [0, 0.05) is 12.0 Å². The quantitative estimate of drug-likeness (QED) is 0.343. The third-order valence-corrected chi connectivity index (χ3v) is 3.95. The van der Waals surface area contributed by atoms with Crippen molar-refractivity contribution in [2.75, 3.05) is 0 Å². The molecule has 3 nitrogen and oxygen atoms in total. The fourth-order valence-electron chi connectivity index (χ4n) is 2.65. The molecule has 0 saturated heterocycles. The molecule has 0 atom stereocenters. The highest BCUT2D eigenvalue weighted by atomic mass is 16.1. The zero-order chi connectivity index (χ0) is 18.2. The van der Waals surface area contributed by atoms with Crippen molar-refractivity contribution in [3.8, 4) is 0 Å². The first kappa shape index (κ1) is 17.5. The lowest BCUT2D eigenvalue weighted by Gasteiger charge is -2.07. The van der Waals surface area contributed by atoms with Gasteiger partial charge < -0.3 is 0 Å². The van der Waals surface area contributed by atoms with Crippen molar-refractivity contribution in [1.29, 1.82) is 0 Å². The van der Waals surface area contributed by atoms with Crippen LogP contribution in [0.2, 0.25) is 0 Å². The predicted octanol–water partition coefficient (Wildman–Crippen LogP) is 5.04. The van der Waals surface area contributed by atoms with Crippen molar-refractivity contribution >= 4 is 23.0 Å². The summed E-state index contributed by atoms with van der Waals surface area (Å²) in [5.41, 5.74) is 2.90. The van der Waals surface area contributed by atoms with Crippen LogP contribution in [0.4, 0.5) is 5.69 Å². The molecule has 3 aromatic carbocycles. The van der Waals surface area contributed by atoms with Crippen LogP contribution in [-0.4, -0.2) is 17.3 Å². The zero-order valence-electron chi connectivity index (χ0n) is 14.3. The van der Waals surface area contributed by atoms with E-state index in [1.165, 1.54) is 0 Å². The summed E-state index contributed by atoms with van der Waals surface area (Å²) in [5.74, 6) is -0.305. The number of Topliss-reactive ketones (excluding diaryl/α,β-unsaturated/α-hetero) is 2. The molecule has 26 heavy (non-hydrogen) atoms. The molecular weight excluding hydrogens is 322 g/mol. The highest BCUT2D eigenvalue weighted by molar-refractivity contribution is 6.17. The molecule has 0 aliphatic carbocycles. The fourth-order valence-corrected chi connectivity index (χ4v) is 2.65. The first-order chi connectivity index (χ1) is 12.7. The Morgan fingerprint density at radius 2 is 1.12 bits per heavy atom. The predicted molar refractivity (Wildman–Crippen MR) is 104 cm³/mol. The maximum atomic E-state index is 12.5. The molecule has 0 unspecified atom stereocenters. The second-order valence-corrected chi connectivity index (χ2v) is 5.94. The van der Waals surface area contributed by atoms with E-state index in [2.05, 4.69) is 4.99 Å². The summed E-state index contributed by atoms with van der Waals surface area (Å²) in [4.78, 5) is 29.4. The monoisotopic (exact) mass is 341 g/mol. The van der Waals surface area contributed by atoms with Crippen LogP contribution in [0.3, 0.4) is 0 Å². The van der Waals surface area contributed by atoms with Gasteiger partial charge >= 0.3 is 0 Å². The molecule has 0 aliphatic heterocycles. The molecule has 0 N–H and O–H groups in total.